The first-order valence-electron chi connectivity index (χ1n) is 7.38. The van der Waals surface area contributed by atoms with E-state index in [2.05, 4.69) is 31.1 Å². The van der Waals surface area contributed by atoms with Crippen molar-refractivity contribution in [2.45, 2.75) is 6.04 Å². The fourth-order valence-corrected chi connectivity index (χ4v) is 3.10. The van der Waals surface area contributed by atoms with Gasteiger partial charge in [0.1, 0.15) is 0 Å². The predicted octanol–water partition coefficient (Wildman–Crippen LogP) is 3.47. The Bertz CT molecular complexity index is 661. The van der Waals surface area contributed by atoms with Crippen molar-refractivity contribution in [3.05, 3.63) is 59.7 Å². The van der Waals surface area contributed by atoms with Crippen molar-refractivity contribution in [2.75, 3.05) is 33.1 Å². The van der Waals surface area contributed by atoms with Crippen LogP contribution in [-0.4, -0.2) is 44.0 Å². The summed E-state index contributed by atoms with van der Waals surface area (Å²) in [5.41, 5.74) is 4.22. The van der Waals surface area contributed by atoms with Crippen molar-refractivity contribution in [1.29, 1.82) is 0 Å². The topological polar surface area (TPSA) is 26.8 Å². The molecule has 0 unspecified atom stereocenters. The number of nitrogens with zero attached hydrogens (tertiary/aromatic N) is 3. The summed E-state index contributed by atoms with van der Waals surface area (Å²) in [6.45, 7) is 0. The van der Waals surface area contributed by atoms with Crippen LogP contribution in [0.1, 0.15) is 17.2 Å². The van der Waals surface area contributed by atoms with Gasteiger partial charge in [0.05, 0.1) is 17.4 Å². The van der Waals surface area contributed by atoms with Gasteiger partial charge in [-0.1, -0.05) is 36.4 Å². The number of carbonyl (C=O) groups is 1. The van der Waals surface area contributed by atoms with Gasteiger partial charge >= 0.3 is 6.03 Å². The molecule has 22 heavy (non-hydrogen) atoms. The number of carbonyl (C=O) groups excluding carboxylic acids is 1. The lowest BCUT2D eigenvalue weighted by Gasteiger charge is -2.39. The quantitative estimate of drug-likeness (QED) is 0.805. The fraction of sp³-hybridized carbons (Fsp3) is 0.278. The van der Waals surface area contributed by atoms with Crippen molar-refractivity contribution in [1.82, 2.24) is 9.80 Å². The zero-order valence-corrected chi connectivity index (χ0v) is 13.4. The molecule has 2 aromatic rings. The van der Waals surface area contributed by atoms with Gasteiger partial charge in [-0.15, -0.1) is 0 Å². The molecule has 0 fully saturated rings. The van der Waals surface area contributed by atoms with E-state index in [1.54, 1.807) is 19.0 Å². The van der Waals surface area contributed by atoms with Crippen LogP contribution in [0.2, 0.25) is 0 Å². The molecule has 0 aromatic heterocycles. The Kier molecular flexibility index (Phi) is 3.62. The van der Waals surface area contributed by atoms with Crippen molar-refractivity contribution >= 4 is 17.4 Å². The first-order chi connectivity index (χ1) is 10.5. The van der Waals surface area contributed by atoms with E-state index in [-0.39, 0.29) is 12.1 Å². The minimum atomic E-state index is -0.0305. The summed E-state index contributed by atoms with van der Waals surface area (Å²) < 4.78 is 0. The SMILES string of the molecule is CN(C)C(=O)N1c2ccccc2C(N(C)C)c2ccccc21. The van der Waals surface area contributed by atoms with E-state index in [0.29, 0.717) is 0 Å². The number of hydrogen-bond donors (Lipinski definition) is 0. The molecule has 0 spiro atoms. The number of para-hydroxylation sites is 2. The Morgan fingerprint density at radius 1 is 0.864 bits per heavy atom. The first-order valence-corrected chi connectivity index (χ1v) is 7.38. The molecule has 0 saturated heterocycles. The highest BCUT2D eigenvalue weighted by Crippen LogP contribution is 2.46. The largest absolute Gasteiger partial charge is 0.330 e. The van der Waals surface area contributed by atoms with E-state index < -0.39 is 0 Å². The monoisotopic (exact) mass is 295 g/mol. The lowest BCUT2D eigenvalue weighted by Crippen LogP contribution is -2.40. The van der Waals surface area contributed by atoms with Crippen LogP contribution in [0, 0.1) is 0 Å². The summed E-state index contributed by atoms with van der Waals surface area (Å²) in [5.74, 6) is 0. The van der Waals surface area contributed by atoms with E-state index >= 15 is 0 Å². The van der Waals surface area contributed by atoms with Crippen LogP contribution in [0.4, 0.5) is 16.2 Å². The zero-order valence-electron chi connectivity index (χ0n) is 13.4. The molecular formula is C18H21N3O. The van der Waals surface area contributed by atoms with Crippen LogP contribution in [0.3, 0.4) is 0 Å². The zero-order chi connectivity index (χ0) is 15.9. The standard InChI is InChI=1S/C18H21N3O/c1-19(2)17-13-9-5-7-11-15(13)21(18(22)20(3)4)16-12-8-6-10-14(16)17/h5-12,17H,1-4H3. The predicted molar refractivity (Wildman–Crippen MR) is 89.6 cm³/mol. The number of hydrogen-bond acceptors (Lipinski definition) is 2. The van der Waals surface area contributed by atoms with Crippen LogP contribution in [0.25, 0.3) is 0 Å². The van der Waals surface area contributed by atoms with Crippen molar-refractivity contribution in [3.63, 3.8) is 0 Å². The molecule has 0 atom stereocenters. The molecule has 2 aromatic carbocycles. The summed E-state index contributed by atoms with van der Waals surface area (Å²) in [5, 5.41) is 0. The van der Waals surface area contributed by atoms with Gasteiger partial charge in [0.2, 0.25) is 0 Å². The van der Waals surface area contributed by atoms with Crippen molar-refractivity contribution in [3.8, 4) is 0 Å². The van der Waals surface area contributed by atoms with Crippen LogP contribution in [0.5, 0.6) is 0 Å². The molecule has 0 saturated carbocycles. The summed E-state index contributed by atoms with van der Waals surface area (Å²) in [7, 11) is 7.71. The van der Waals surface area contributed by atoms with Crippen molar-refractivity contribution in [2.24, 2.45) is 0 Å². The summed E-state index contributed by atoms with van der Waals surface area (Å²) in [6.07, 6.45) is 0. The Balaban J connectivity index is 2.27. The molecule has 114 valence electrons. The third-order valence-corrected chi connectivity index (χ3v) is 4.03. The summed E-state index contributed by atoms with van der Waals surface area (Å²) in [6, 6.07) is 16.4. The summed E-state index contributed by atoms with van der Waals surface area (Å²) >= 11 is 0. The number of anilines is 2. The highest BCUT2D eigenvalue weighted by Gasteiger charge is 2.34. The smallest absolute Gasteiger partial charge is 0.328 e. The molecular weight excluding hydrogens is 274 g/mol. The second-order valence-electron chi connectivity index (χ2n) is 6.00. The molecule has 0 radical (unpaired) electrons. The summed E-state index contributed by atoms with van der Waals surface area (Å²) in [4.78, 5) is 18.4. The Morgan fingerprint density at radius 2 is 1.32 bits per heavy atom. The molecule has 3 rings (SSSR count). The van der Waals surface area contributed by atoms with Gasteiger partial charge < -0.3 is 4.90 Å². The molecule has 1 heterocycles. The Morgan fingerprint density at radius 3 is 1.73 bits per heavy atom. The highest BCUT2D eigenvalue weighted by molar-refractivity contribution is 6.02. The van der Waals surface area contributed by atoms with Gasteiger partial charge in [-0.3, -0.25) is 9.80 Å². The van der Waals surface area contributed by atoms with Gasteiger partial charge in [-0.2, -0.15) is 0 Å². The van der Waals surface area contributed by atoms with Crippen LogP contribution in [0.15, 0.2) is 48.5 Å². The molecule has 1 aliphatic rings. The molecule has 4 nitrogen and oxygen atoms in total. The third-order valence-electron chi connectivity index (χ3n) is 4.03. The maximum atomic E-state index is 12.7. The third kappa shape index (κ3) is 2.16. The molecule has 1 aliphatic heterocycles. The molecule has 2 amide bonds. The average Bonchev–Trinajstić information content (AvgIpc) is 2.51. The van der Waals surface area contributed by atoms with Crippen molar-refractivity contribution < 1.29 is 4.79 Å². The normalized spacial score (nSPS) is 13.8. The van der Waals surface area contributed by atoms with Gasteiger partial charge in [-0.25, -0.2) is 4.79 Å². The van der Waals surface area contributed by atoms with Crippen LogP contribution < -0.4 is 4.90 Å². The Hall–Kier alpha value is -2.33. The molecule has 0 N–H and O–H groups in total. The second-order valence-corrected chi connectivity index (χ2v) is 6.00. The second kappa shape index (κ2) is 5.46. The maximum absolute atomic E-state index is 12.7. The average molecular weight is 295 g/mol. The first kappa shape index (κ1) is 14.6. The number of fused-ring (bicyclic) bond motifs is 2. The van der Waals surface area contributed by atoms with Gasteiger partial charge in [0.25, 0.3) is 0 Å². The molecule has 0 aliphatic carbocycles. The van der Waals surface area contributed by atoms with E-state index in [4.69, 9.17) is 0 Å². The number of amides is 2. The van der Waals surface area contributed by atoms with Crippen LogP contribution in [-0.2, 0) is 0 Å². The fourth-order valence-electron chi connectivity index (χ4n) is 3.10. The highest BCUT2D eigenvalue weighted by atomic mass is 16.2. The lowest BCUT2D eigenvalue weighted by molar-refractivity contribution is 0.226. The van der Waals surface area contributed by atoms with E-state index in [9.17, 15) is 4.79 Å². The number of urea groups is 1. The minimum Gasteiger partial charge on any atom is -0.330 e. The minimum absolute atomic E-state index is 0.0305. The maximum Gasteiger partial charge on any atom is 0.328 e. The van der Waals surface area contributed by atoms with E-state index in [1.807, 2.05) is 41.3 Å². The number of rotatable bonds is 1. The van der Waals surface area contributed by atoms with Crippen LogP contribution >= 0.6 is 0 Å². The van der Waals surface area contributed by atoms with E-state index in [1.165, 1.54) is 0 Å². The van der Waals surface area contributed by atoms with Gasteiger partial charge in [0.15, 0.2) is 0 Å². The Labute approximate surface area is 131 Å². The van der Waals surface area contributed by atoms with Gasteiger partial charge in [-0.05, 0) is 37.4 Å². The van der Waals surface area contributed by atoms with Gasteiger partial charge in [0, 0.05) is 14.1 Å². The molecule has 4 heteroatoms. The lowest BCUT2D eigenvalue weighted by atomic mass is 9.90. The van der Waals surface area contributed by atoms with E-state index in [0.717, 1.165) is 22.5 Å². The molecule has 0 bridgehead atoms. The number of benzene rings is 2.